The predicted octanol–water partition coefficient (Wildman–Crippen LogP) is 3.39. The van der Waals surface area contributed by atoms with Gasteiger partial charge in [0.15, 0.2) is 0 Å². The first-order valence-corrected chi connectivity index (χ1v) is 6.12. The zero-order valence-electron chi connectivity index (χ0n) is 10.9. The molecule has 0 saturated carbocycles. The summed E-state index contributed by atoms with van der Waals surface area (Å²) in [7, 11) is 1.67. The van der Waals surface area contributed by atoms with E-state index in [1.165, 1.54) is 0 Å². The molecule has 0 spiro atoms. The van der Waals surface area contributed by atoms with E-state index in [2.05, 4.69) is 15.0 Å². The van der Waals surface area contributed by atoms with Crippen LogP contribution in [0, 0.1) is 0 Å². The number of aromatic nitrogens is 2. The highest BCUT2D eigenvalue weighted by molar-refractivity contribution is 5.97. The molecule has 2 aromatic heterocycles. The molecule has 0 atom stereocenters. The van der Waals surface area contributed by atoms with E-state index in [1.807, 2.05) is 49.5 Å². The van der Waals surface area contributed by atoms with Crippen LogP contribution in [0.4, 0.5) is 0 Å². The molecule has 2 aromatic rings. The molecule has 3 rings (SSSR count). The molecule has 1 aliphatic rings. The number of ether oxygens (including phenoxy) is 1. The van der Waals surface area contributed by atoms with E-state index in [0.717, 1.165) is 34.2 Å². The lowest BCUT2D eigenvalue weighted by molar-refractivity contribution is 0.414. The van der Waals surface area contributed by atoms with Crippen LogP contribution in [0.25, 0.3) is 17.5 Å². The minimum Gasteiger partial charge on any atom is -0.494 e. The molecule has 0 saturated heterocycles. The van der Waals surface area contributed by atoms with Crippen molar-refractivity contribution in [2.45, 2.75) is 6.92 Å². The Morgan fingerprint density at radius 3 is 2.79 bits per heavy atom. The topological polar surface area (TPSA) is 53.2 Å². The second-order valence-electron chi connectivity index (χ2n) is 4.40. The normalized spacial score (nSPS) is 16.1. The van der Waals surface area contributed by atoms with Gasteiger partial charge in [0.1, 0.15) is 5.75 Å². The molecule has 0 unspecified atom stereocenters. The van der Waals surface area contributed by atoms with Gasteiger partial charge in [-0.05, 0) is 37.3 Å². The fraction of sp³-hybridized carbons (Fsp3) is 0.133. The van der Waals surface area contributed by atoms with Crippen molar-refractivity contribution in [2.24, 2.45) is 4.99 Å². The minimum absolute atomic E-state index is 0.810. The van der Waals surface area contributed by atoms with Crippen molar-refractivity contribution in [2.75, 3.05) is 7.11 Å². The zero-order valence-corrected chi connectivity index (χ0v) is 10.9. The molecule has 0 fully saturated rings. The number of aromatic amines is 2. The van der Waals surface area contributed by atoms with Gasteiger partial charge in [0, 0.05) is 18.0 Å². The van der Waals surface area contributed by atoms with Crippen LogP contribution >= 0.6 is 0 Å². The fourth-order valence-electron chi connectivity index (χ4n) is 2.08. The highest BCUT2D eigenvalue weighted by Crippen LogP contribution is 2.28. The van der Waals surface area contributed by atoms with Crippen LogP contribution in [0.1, 0.15) is 12.6 Å². The molecule has 1 aliphatic heterocycles. The molecule has 3 heterocycles. The average molecular weight is 253 g/mol. The Kier molecular flexibility index (Phi) is 2.83. The molecule has 0 radical (unpaired) electrons. The maximum atomic E-state index is 5.40. The van der Waals surface area contributed by atoms with Gasteiger partial charge in [-0.25, -0.2) is 0 Å². The van der Waals surface area contributed by atoms with Gasteiger partial charge in [0.25, 0.3) is 0 Å². The first kappa shape index (κ1) is 11.6. The van der Waals surface area contributed by atoms with Crippen molar-refractivity contribution in [3.8, 4) is 17.1 Å². The van der Waals surface area contributed by atoms with Crippen LogP contribution in [0.2, 0.25) is 0 Å². The van der Waals surface area contributed by atoms with Gasteiger partial charge in [-0.15, -0.1) is 0 Å². The average Bonchev–Trinajstić information content (AvgIpc) is 3.10. The first-order valence-electron chi connectivity index (χ1n) is 6.12. The van der Waals surface area contributed by atoms with Crippen molar-refractivity contribution in [1.29, 1.82) is 0 Å². The molecule has 19 heavy (non-hydrogen) atoms. The number of hydrogen-bond donors (Lipinski definition) is 2. The third kappa shape index (κ3) is 2.25. The molecule has 4 heteroatoms. The molecule has 0 aromatic carbocycles. The van der Waals surface area contributed by atoms with E-state index in [4.69, 9.17) is 4.74 Å². The Morgan fingerprint density at radius 1 is 1.26 bits per heavy atom. The summed E-state index contributed by atoms with van der Waals surface area (Å²) >= 11 is 0. The summed E-state index contributed by atoms with van der Waals surface area (Å²) in [5.41, 5.74) is 4.89. The number of aliphatic imine (C=N–C) groups is 1. The molecular formula is C15H15N3O. The van der Waals surface area contributed by atoms with Gasteiger partial charge in [-0.1, -0.05) is 0 Å². The van der Waals surface area contributed by atoms with Crippen LogP contribution < -0.4 is 4.74 Å². The van der Waals surface area contributed by atoms with Crippen LogP contribution in [0.15, 0.2) is 47.2 Å². The standard InChI is InChI=1S/C15H15N3O/c1-10-5-6-11(17-10)8-14-15(19-2)9-13(18-14)12-4-3-7-16-12/h3-9,16,18H,1-2H3. The SMILES string of the molecule is COc1cc(-c2ccc[nH]2)[nH]c1C=C1C=CC(C)=N1. The molecule has 0 aliphatic carbocycles. The molecule has 2 N–H and O–H groups in total. The van der Waals surface area contributed by atoms with Crippen LogP contribution in [0.5, 0.6) is 5.75 Å². The Hall–Kier alpha value is -2.49. The van der Waals surface area contributed by atoms with Crippen molar-refractivity contribution in [3.63, 3.8) is 0 Å². The monoisotopic (exact) mass is 253 g/mol. The summed E-state index contributed by atoms with van der Waals surface area (Å²) in [6, 6.07) is 5.96. The van der Waals surface area contributed by atoms with Gasteiger partial charge >= 0.3 is 0 Å². The number of nitrogens with one attached hydrogen (secondary N) is 2. The summed E-state index contributed by atoms with van der Waals surface area (Å²) in [6.45, 7) is 1.98. The van der Waals surface area contributed by atoms with E-state index in [0.29, 0.717) is 0 Å². The summed E-state index contributed by atoms with van der Waals surface area (Å²) in [5, 5.41) is 0. The second-order valence-corrected chi connectivity index (χ2v) is 4.40. The van der Waals surface area contributed by atoms with E-state index >= 15 is 0 Å². The van der Waals surface area contributed by atoms with Crippen molar-refractivity contribution < 1.29 is 4.74 Å². The highest BCUT2D eigenvalue weighted by Gasteiger charge is 2.10. The molecular weight excluding hydrogens is 238 g/mol. The molecule has 96 valence electrons. The summed E-state index contributed by atoms with van der Waals surface area (Å²) in [6.07, 6.45) is 7.86. The maximum Gasteiger partial charge on any atom is 0.144 e. The number of H-pyrrole nitrogens is 2. The zero-order chi connectivity index (χ0) is 13.2. The number of nitrogens with zero attached hydrogens (tertiary/aromatic N) is 1. The van der Waals surface area contributed by atoms with Crippen LogP contribution in [-0.4, -0.2) is 22.8 Å². The molecule has 4 nitrogen and oxygen atoms in total. The first-order chi connectivity index (χ1) is 9.26. The Bertz CT molecular complexity index is 672. The van der Waals surface area contributed by atoms with Gasteiger partial charge in [0.05, 0.1) is 29.9 Å². The highest BCUT2D eigenvalue weighted by atomic mass is 16.5. The largest absolute Gasteiger partial charge is 0.494 e. The smallest absolute Gasteiger partial charge is 0.144 e. The number of hydrogen-bond acceptors (Lipinski definition) is 2. The maximum absolute atomic E-state index is 5.40. The predicted molar refractivity (Wildman–Crippen MR) is 77.4 cm³/mol. The minimum atomic E-state index is 0.810. The van der Waals surface area contributed by atoms with Gasteiger partial charge in [-0.3, -0.25) is 4.99 Å². The van der Waals surface area contributed by atoms with Crippen molar-refractivity contribution >= 4 is 11.8 Å². The van der Waals surface area contributed by atoms with E-state index in [-0.39, 0.29) is 0 Å². The van der Waals surface area contributed by atoms with Gasteiger partial charge < -0.3 is 14.7 Å². The lowest BCUT2D eigenvalue weighted by Crippen LogP contribution is -1.83. The van der Waals surface area contributed by atoms with E-state index in [1.54, 1.807) is 7.11 Å². The van der Waals surface area contributed by atoms with Gasteiger partial charge in [-0.2, -0.15) is 0 Å². The number of rotatable bonds is 3. The van der Waals surface area contributed by atoms with Crippen molar-refractivity contribution in [3.05, 3.63) is 47.9 Å². The fourth-order valence-corrected chi connectivity index (χ4v) is 2.08. The number of allylic oxidation sites excluding steroid dienone is 2. The molecule has 0 bridgehead atoms. The lowest BCUT2D eigenvalue weighted by Gasteiger charge is -1.97. The van der Waals surface area contributed by atoms with Crippen molar-refractivity contribution in [1.82, 2.24) is 9.97 Å². The van der Waals surface area contributed by atoms with E-state index < -0.39 is 0 Å². The summed E-state index contributed by atoms with van der Waals surface area (Å²) in [4.78, 5) is 10.9. The number of methoxy groups -OCH3 is 1. The Labute approximate surface area is 111 Å². The Balaban J connectivity index is 2.00. The van der Waals surface area contributed by atoms with E-state index in [9.17, 15) is 0 Å². The summed E-state index contributed by atoms with van der Waals surface area (Å²) < 4.78 is 5.40. The van der Waals surface area contributed by atoms with Gasteiger partial charge in [0.2, 0.25) is 0 Å². The summed E-state index contributed by atoms with van der Waals surface area (Å²) in [5.74, 6) is 0.810. The van der Waals surface area contributed by atoms with Crippen LogP contribution in [-0.2, 0) is 0 Å². The lowest BCUT2D eigenvalue weighted by atomic mass is 10.3. The second kappa shape index (κ2) is 4.65. The quantitative estimate of drug-likeness (QED) is 0.865. The third-order valence-electron chi connectivity index (χ3n) is 3.01. The van der Waals surface area contributed by atoms with Crippen LogP contribution in [0.3, 0.4) is 0 Å². The third-order valence-corrected chi connectivity index (χ3v) is 3.01. The Morgan fingerprint density at radius 2 is 2.16 bits per heavy atom. The molecule has 0 amide bonds.